The largest absolute Gasteiger partial charge is 0.370 e. The summed E-state index contributed by atoms with van der Waals surface area (Å²) in [5.41, 5.74) is 5.98. The highest BCUT2D eigenvalue weighted by Gasteiger charge is 1.90. The second-order valence-corrected chi connectivity index (χ2v) is 3.06. The minimum atomic E-state index is -0.293. The molecule has 0 saturated heterocycles. The predicted molar refractivity (Wildman–Crippen MR) is 60.0 cm³/mol. The summed E-state index contributed by atoms with van der Waals surface area (Å²) in [6.07, 6.45) is 0.354. The molecule has 0 heterocycles. The van der Waals surface area contributed by atoms with Gasteiger partial charge in [-0.25, -0.2) is 0 Å². The third kappa shape index (κ3) is 5.50. The number of primary amides is 1. The molecular formula is C12H14N2O. The van der Waals surface area contributed by atoms with Crippen LogP contribution in [0.25, 0.3) is 0 Å². The number of carbonyl (C=O) groups excluding carboxylic acids is 1. The molecule has 0 aliphatic carbocycles. The van der Waals surface area contributed by atoms with E-state index in [0.29, 0.717) is 19.5 Å². The Balaban J connectivity index is 2.20. The summed E-state index contributed by atoms with van der Waals surface area (Å²) in [4.78, 5) is 10.4. The summed E-state index contributed by atoms with van der Waals surface area (Å²) in [7, 11) is 0. The van der Waals surface area contributed by atoms with Crippen molar-refractivity contribution in [1.29, 1.82) is 0 Å². The topological polar surface area (TPSA) is 55.1 Å². The number of hydrogen-bond donors (Lipinski definition) is 2. The summed E-state index contributed by atoms with van der Waals surface area (Å²) in [6.45, 7) is 1.15. The van der Waals surface area contributed by atoms with Crippen LogP contribution in [-0.2, 0) is 4.79 Å². The van der Waals surface area contributed by atoms with Crippen LogP contribution >= 0.6 is 0 Å². The summed E-state index contributed by atoms with van der Waals surface area (Å²) >= 11 is 0. The van der Waals surface area contributed by atoms with Crippen molar-refractivity contribution in [3.05, 3.63) is 35.9 Å². The first-order chi connectivity index (χ1) is 7.29. The lowest BCUT2D eigenvalue weighted by Gasteiger charge is -1.95. The van der Waals surface area contributed by atoms with Crippen LogP contribution in [0.4, 0.5) is 0 Å². The van der Waals surface area contributed by atoms with Crippen molar-refractivity contribution < 1.29 is 4.79 Å². The number of hydrogen-bond acceptors (Lipinski definition) is 2. The minimum absolute atomic E-state index is 0.293. The van der Waals surface area contributed by atoms with Gasteiger partial charge < -0.3 is 11.1 Å². The molecular weight excluding hydrogens is 188 g/mol. The first-order valence-electron chi connectivity index (χ1n) is 4.82. The Labute approximate surface area is 89.7 Å². The van der Waals surface area contributed by atoms with Gasteiger partial charge in [-0.3, -0.25) is 4.79 Å². The molecule has 0 atom stereocenters. The van der Waals surface area contributed by atoms with E-state index < -0.39 is 0 Å². The normalized spacial score (nSPS) is 9.07. The SMILES string of the molecule is NC(=O)CCNCC#Cc1ccccc1. The van der Waals surface area contributed by atoms with Crippen LogP contribution in [0.5, 0.6) is 0 Å². The van der Waals surface area contributed by atoms with E-state index in [1.54, 1.807) is 0 Å². The van der Waals surface area contributed by atoms with Gasteiger partial charge in [0.25, 0.3) is 0 Å². The van der Waals surface area contributed by atoms with Crippen LogP contribution in [0, 0.1) is 11.8 Å². The van der Waals surface area contributed by atoms with Crippen molar-refractivity contribution >= 4 is 5.91 Å². The van der Waals surface area contributed by atoms with Crippen LogP contribution in [-0.4, -0.2) is 19.0 Å². The van der Waals surface area contributed by atoms with E-state index in [1.165, 1.54) is 0 Å². The standard InChI is InChI=1S/C12H14N2O/c13-12(15)8-10-14-9-4-7-11-5-2-1-3-6-11/h1-3,5-6,14H,8-10H2,(H2,13,15). The van der Waals surface area contributed by atoms with Crippen LogP contribution < -0.4 is 11.1 Å². The third-order valence-electron chi connectivity index (χ3n) is 1.77. The van der Waals surface area contributed by atoms with Crippen LogP contribution in [0.1, 0.15) is 12.0 Å². The molecule has 3 N–H and O–H groups in total. The number of benzene rings is 1. The monoisotopic (exact) mass is 202 g/mol. The highest BCUT2D eigenvalue weighted by Crippen LogP contribution is 1.93. The number of amides is 1. The maximum Gasteiger partial charge on any atom is 0.218 e. The Bertz CT molecular complexity index is 362. The van der Waals surface area contributed by atoms with E-state index in [9.17, 15) is 4.79 Å². The van der Waals surface area contributed by atoms with Gasteiger partial charge in [0, 0.05) is 18.5 Å². The fourth-order valence-corrected chi connectivity index (χ4v) is 1.03. The van der Waals surface area contributed by atoms with Crippen LogP contribution in [0.3, 0.4) is 0 Å². The average Bonchev–Trinajstić information content (AvgIpc) is 2.24. The maximum absolute atomic E-state index is 10.4. The molecule has 0 spiro atoms. The van der Waals surface area contributed by atoms with Gasteiger partial charge in [0.05, 0.1) is 6.54 Å². The Morgan fingerprint density at radius 3 is 2.73 bits per heavy atom. The molecule has 3 nitrogen and oxygen atoms in total. The Kier molecular flexibility index (Phi) is 4.99. The molecule has 1 amide bonds. The van der Waals surface area contributed by atoms with Gasteiger partial charge in [0.1, 0.15) is 0 Å². The van der Waals surface area contributed by atoms with E-state index in [1.807, 2.05) is 30.3 Å². The van der Waals surface area contributed by atoms with Gasteiger partial charge in [-0.05, 0) is 12.1 Å². The first kappa shape index (κ1) is 11.3. The zero-order valence-electron chi connectivity index (χ0n) is 8.49. The van der Waals surface area contributed by atoms with Gasteiger partial charge in [0.2, 0.25) is 5.91 Å². The predicted octanol–water partition coefficient (Wildman–Crippen LogP) is 0.503. The zero-order chi connectivity index (χ0) is 10.9. The summed E-state index contributed by atoms with van der Waals surface area (Å²) in [5, 5.41) is 3.01. The molecule has 15 heavy (non-hydrogen) atoms. The minimum Gasteiger partial charge on any atom is -0.370 e. The molecule has 1 aromatic carbocycles. The molecule has 0 aromatic heterocycles. The smallest absolute Gasteiger partial charge is 0.218 e. The van der Waals surface area contributed by atoms with Gasteiger partial charge in [0.15, 0.2) is 0 Å². The second kappa shape index (κ2) is 6.63. The molecule has 78 valence electrons. The van der Waals surface area contributed by atoms with E-state index in [-0.39, 0.29) is 5.91 Å². The van der Waals surface area contributed by atoms with E-state index in [2.05, 4.69) is 17.2 Å². The average molecular weight is 202 g/mol. The molecule has 0 radical (unpaired) electrons. The molecule has 0 unspecified atom stereocenters. The molecule has 0 aliphatic rings. The maximum atomic E-state index is 10.4. The van der Waals surface area contributed by atoms with Gasteiger partial charge in [-0.1, -0.05) is 30.0 Å². The molecule has 0 aliphatic heterocycles. The molecule has 1 rings (SSSR count). The van der Waals surface area contributed by atoms with Crippen molar-refractivity contribution in [3.63, 3.8) is 0 Å². The molecule has 1 aromatic rings. The summed E-state index contributed by atoms with van der Waals surface area (Å²) in [6, 6.07) is 9.76. The number of rotatable bonds is 4. The highest BCUT2D eigenvalue weighted by atomic mass is 16.1. The summed E-state index contributed by atoms with van der Waals surface area (Å²) < 4.78 is 0. The number of nitrogens with two attached hydrogens (primary N) is 1. The molecule has 0 fully saturated rings. The van der Waals surface area contributed by atoms with E-state index in [4.69, 9.17) is 5.73 Å². The highest BCUT2D eigenvalue weighted by molar-refractivity contribution is 5.73. The van der Waals surface area contributed by atoms with Crippen molar-refractivity contribution in [2.75, 3.05) is 13.1 Å². The van der Waals surface area contributed by atoms with Crippen molar-refractivity contribution in [2.24, 2.45) is 5.73 Å². The van der Waals surface area contributed by atoms with E-state index in [0.717, 1.165) is 5.56 Å². The lowest BCUT2D eigenvalue weighted by molar-refractivity contribution is -0.117. The number of nitrogens with one attached hydrogen (secondary N) is 1. The van der Waals surface area contributed by atoms with Gasteiger partial charge in [-0.2, -0.15) is 0 Å². The quantitative estimate of drug-likeness (QED) is 0.552. The van der Waals surface area contributed by atoms with Crippen molar-refractivity contribution in [1.82, 2.24) is 5.32 Å². The van der Waals surface area contributed by atoms with Gasteiger partial charge >= 0.3 is 0 Å². The Morgan fingerprint density at radius 2 is 2.07 bits per heavy atom. The van der Waals surface area contributed by atoms with Gasteiger partial charge in [-0.15, -0.1) is 0 Å². The Morgan fingerprint density at radius 1 is 1.33 bits per heavy atom. The third-order valence-corrected chi connectivity index (χ3v) is 1.77. The first-order valence-corrected chi connectivity index (χ1v) is 4.82. The lowest BCUT2D eigenvalue weighted by Crippen LogP contribution is -2.22. The lowest BCUT2D eigenvalue weighted by atomic mass is 10.2. The van der Waals surface area contributed by atoms with Crippen molar-refractivity contribution in [3.8, 4) is 11.8 Å². The fraction of sp³-hybridized carbons (Fsp3) is 0.250. The van der Waals surface area contributed by atoms with Crippen LogP contribution in [0.2, 0.25) is 0 Å². The molecule has 3 heteroatoms. The summed E-state index contributed by atoms with van der Waals surface area (Å²) in [5.74, 6) is 5.67. The molecule has 0 saturated carbocycles. The molecule has 0 bridgehead atoms. The number of carbonyl (C=O) groups is 1. The van der Waals surface area contributed by atoms with Crippen molar-refractivity contribution in [2.45, 2.75) is 6.42 Å². The van der Waals surface area contributed by atoms with E-state index >= 15 is 0 Å². The Hall–Kier alpha value is -1.79. The van der Waals surface area contributed by atoms with Crippen LogP contribution in [0.15, 0.2) is 30.3 Å². The fourth-order valence-electron chi connectivity index (χ4n) is 1.03. The second-order valence-electron chi connectivity index (χ2n) is 3.06. The zero-order valence-corrected chi connectivity index (χ0v) is 8.49.